The van der Waals surface area contributed by atoms with Gasteiger partial charge in [-0.1, -0.05) is 6.07 Å². The molecule has 0 saturated carbocycles. The van der Waals surface area contributed by atoms with Gasteiger partial charge in [-0.3, -0.25) is 4.79 Å². The largest absolute Gasteiger partial charge is 0.305 e. The Morgan fingerprint density at radius 1 is 1.44 bits per heavy atom. The molecule has 2 aromatic rings. The van der Waals surface area contributed by atoms with Gasteiger partial charge in [0.15, 0.2) is 0 Å². The van der Waals surface area contributed by atoms with Crippen LogP contribution in [0.15, 0.2) is 23.6 Å². The maximum atomic E-state index is 12.7. The Kier molecular flexibility index (Phi) is 2.91. The van der Waals surface area contributed by atoms with Crippen LogP contribution in [0.2, 0.25) is 0 Å². The van der Waals surface area contributed by atoms with Crippen LogP contribution in [0.5, 0.6) is 0 Å². The number of amides is 1. The summed E-state index contributed by atoms with van der Waals surface area (Å²) in [6, 6.07) is 4.20. The molecule has 0 aliphatic heterocycles. The van der Waals surface area contributed by atoms with E-state index in [1.54, 1.807) is 5.38 Å². The standard InChI is InChI=1S/C10H8FN3OS/c1-6-12-7(5-16-6)10(15)14-9-4-2-3-8(11)13-9/h2-5H,1H3,(H,13,14,15). The van der Waals surface area contributed by atoms with Crippen LogP contribution in [0.1, 0.15) is 15.5 Å². The second kappa shape index (κ2) is 4.36. The lowest BCUT2D eigenvalue weighted by molar-refractivity contribution is 0.102. The van der Waals surface area contributed by atoms with Crippen LogP contribution in [0.4, 0.5) is 10.2 Å². The van der Waals surface area contributed by atoms with Gasteiger partial charge in [0.2, 0.25) is 5.95 Å². The van der Waals surface area contributed by atoms with Crippen molar-refractivity contribution in [2.75, 3.05) is 5.32 Å². The van der Waals surface area contributed by atoms with Crippen molar-refractivity contribution in [3.8, 4) is 0 Å². The molecule has 16 heavy (non-hydrogen) atoms. The van der Waals surface area contributed by atoms with Gasteiger partial charge in [-0.2, -0.15) is 4.39 Å². The SMILES string of the molecule is Cc1nc(C(=O)Nc2cccc(F)n2)cs1. The molecule has 6 heteroatoms. The summed E-state index contributed by atoms with van der Waals surface area (Å²) in [4.78, 5) is 19.1. The van der Waals surface area contributed by atoms with E-state index in [2.05, 4.69) is 15.3 Å². The van der Waals surface area contributed by atoms with Gasteiger partial charge in [0.25, 0.3) is 5.91 Å². The van der Waals surface area contributed by atoms with E-state index >= 15 is 0 Å². The maximum absolute atomic E-state index is 12.7. The summed E-state index contributed by atoms with van der Waals surface area (Å²) >= 11 is 1.38. The van der Waals surface area contributed by atoms with Crippen LogP contribution in [-0.2, 0) is 0 Å². The van der Waals surface area contributed by atoms with Gasteiger partial charge in [-0.15, -0.1) is 11.3 Å². The Hall–Kier alpha value is -1.82. The highest BCUT2D eigenvalue weighted by Gasteiger charge is 2.10. The van der Waals surface area contributed by atoms with Gasteiger partial charge in [0.05, 0.1) is 5.01 Å². The van der Waals surface area contributed by atoms with E-state index in [-0.39, 0.29) is 11.7 Å². The number of rotatable bonds is 2. The number of hydrogen-bond acceptors (Lipinski definition) is 4. The predicted octanol–water partition coefficient (Wildman–Crippen LogP) is 2.24. The first-order valence-electron chi connectivity index (χ1n) is 4.51. The number of anilines is 1. The minimum atomic E-state index is -0.632. The summed E-state index contributed by atoms with van der Waals surface area (Å²) in [5, 5.41) is 4.91. The number of pyridine rings is 1. The zero-order valence-corrected chi connectivity index (χ0v) is 9.21. The first-order chi connectivity index (χ1) is 7.65. The summed E-state index contributed by atoms with van der Waals surface area (Å²) in [5.74, 6) is -0.842. The Morgan fingerprint density at radius 3 is 2.88 bits per heavy atom. The maximum Gasteiger partial charge on any atom is 0.276 e. The Bertz CT molecular complexity index is 526. The lowest BCUT2D eigenvalue weighted by Gasteiger charge is -2.01. The zero-order valence-electron chi connectivity index (χ0n) is 8.40. The van der Waals surface area contributed by atoms with E-state index in [1.807, 2.05) is 6.92 Å². The number of aryl methyl sites for hydroxylation is 1. The molecule has 0 saturated heterocycles. The van der Waals surface area contributed by atoms with E-state index in [9.17, 15) is 9.18 Å². The monoisotopic (exact) mass is 237 g/mol. The minimum absolute atomic E-state index is 0.177. The fourth-order valence-corrected chi connectivity index (χ4v) is 1.72. The third-order valence-electron chi connectivity index (χ3n) is 1.81. The number of carbonyl (C=O) groups is 1. The number of aromatic nitrogens is 2. The van der Waals surface area contributed by atoms with E-state index in [0.717, 1.165) is 5.01 Å². The quantitative estimate of drug-likeness (QED) is 0.815. The molecule has 2 heterocycles. The van der Waals surface area contributed by atoms with E-state index in [1.165, 1.54) is 29.5 Å². The van der Waals surface area contributed by atoms with E-state index in [4.69, 9.17) is 0 Å². The molecule has 0 atom stereocenters. The topological polar surface area (TPSA) is 54.9 Å². The molecule has 0 radical (unpaired) electrons. The van der Waals surface area contributed by atoms with Gasteiger partial charge < -0.3 is 5.32 Å². The third kappa shape index (κ3) is 2.40. The predicted molar refractivity (Wildman–Crippen MR) is 59.0 cm³/mol. The highest BCUT2D eigenvalue weighted by Crippen LogP contribution is 2.10. The molecular weight excluding hydrogens is 229 g/mol. The van der Waals surface area contributed by atoms with Crippen LogP contribution in [-0.4, -0.2) is 15.9 Å². The number of nitrogens with zero attached hydrogens (tertiary/aromatic N) is 2. The Balaban J connectivity index is 2.13. The summed E-state index contributed by atoms with van der Waals surface area (Å²) < 4.78 is 12.7. The van der Waals surface area contributed by atoms with Gasteiger partial charge in [0, 0.05) is 5.38 Å². The van der Waals surface area contributed by atoms with Gasteiger partial charge in [0.1, 0.15) is 11.5 Å². The molecular formula is C10H8FN3OS. The van der Waals surface area contributed by atoms with Crippen molar-refractivity contribution < 1.29 is 9.18 Å². The molecule has 0 aliphatic carbocycles. The van der Waals surface area contributed by atoms with Crippen molar-refractivity contribution in [3.63, 3.8) is 0 Å². The minimum Gasteiger partial charge on any atom is -0.305 e. The molecule has 4 nitrogen and oxygen atoms in total. The molecule has 1 N–H and O–H groups in total. The normalized spacial score (nSPS) is 10.1. The number of carbonyl (C=O) groups excluding carboxylic acids is 1. The molecule has 82 valence electrons. The molecule has 1 amide bonds. The average Bonchev–Trinajstić information content (AvgIpc) is 2.65. The first-order valence-corrected chi connectivity index (χ1v) is 5.39. The fraction of sp³-hybridized carbons (Fsp3) is 0.100. The second-order valence-electron chi connectivity index (χ2n) is 3.05. The second-order valence-corrected chi connectivity index (χ2v) is 4.11. The molecule has 0 fully saturated rings. The van der Waals surface area contributed by atoms with Gasteiger partial charge >= 0.3 is 0 Å². The van der Waals surface area contributed by atoms with Crippen LogP contribution < -0.4 is 5.32 Å². The van der Waals surface area contributed by atoms with Crippen LogP contribution >= 0.6 is 11.3 Å². The number of halogens is 1. The van der Waals surface area contributed by atoms with Crippen LogP contribution in [0, 0.1) is 12.9 Å². The van der Waals surface area contributed by atoms with Crippen molar-refractivity contribution >= 4 is 23.1 Å². The van der Waals surface area contributed by atoms with Gasteiger partial charge in [-0.05, 0) is 19.1 Å². The van der Waals surface area contributed by atoms with Crippen molar-refractivity contribution in [3.05, 3.63) is 40.2 Å². The number of hydrogen-bond donors (Lipinski definition) is 1. The van der Waals surface area contributed by atoms with Crippen molar-refractivity contribution in [1.82, 2.24) is 9.97 Å². The summed E-state index contributed by atoms with van der Waals surface area (Å²) in [6.45, 7) is 1.81. The average molecular weight is 237 g/mol. The highest BCUT2D eigenvalue weighted by molar-refractivity contribution is 7.09. The summed E-state index contributed by atoms with van der Waals surface area (Å²) in [6.07, 6.45) is 0. The highest BCUT2D eigenvalue weighted by atomic mass is 32.1. The van der Waals surface area contributed by atoms with Crippen molar-refractivity contribution in [2.45, 2.75) is 6.92 Å². The third-order valence-corrected chi connectivity index (χ3v) is 2.58. The molecule has 0 aromatic carbocycles. The smallest absolute Gasteiger partial charge is 0.276 e. The number of thiazole rings is 1. The van der Waals surface area contributed by atoms with Gasteiger partial charge in [-0.25, -0.2) is 9.97 Å². The van der Waals surface area contributed by atoms with E-state index in [0.29, 0.717) is 5.69 Å². The first kappa shape index (κ1) is 10.7. The van der Waals surface area contributed by atoms with Crippen LogP contribution in [0.25, 0.3) is 0 Å². The molecule has 0 aliphatic rings. The molecule has 2 rings (SSSR count). The summed E-state index contributed by atoms with van der Waals surface area (Å²) in [5.41, 5.74) is 0.313. The van der Waals surface area contributed by atoms with E-state index < -0.39 is 5.95 Å². The molecule has 2 aromatic heterocycles. The lowest BCUT2D eigenvalue weighted by Crippen LogP contribution is -2.13. The van der Waals surface area contributed by atoms with Crippen molar-refractivity contribution in [1.29, 1.82) is 0 Å². The molecule has 0 unspecified atom stereocenters. The molecule has 0 bridgehead atoms. The van der Waals surface area contributed by atoms with Crippen molar-refractivity contribution in [2.24, 2.45) is 0 Å². The fourth-order valence-electron chi connectivity index (χ4n) is 1.13. The van der Waals surface area contributed by atoms with Crippen LogP contribution in [0.3, 0.4) is 0 Å². The Morgan fingerprint density at radius 2 is 2.25 bits per heavy atom. The lowest BCUT2D eigenvalue weighted by atomic mass is 10.4. The zero-order chi connectivity index (χ0) is 11.5. The Labute approximate surface area is 95.2 Å². The molecule has 0 spiro atoms. The number of nitrogens with one attached hydrogen (secondary N) is 1. The summed E-state index contributed by atoms with van der Waals surface area (Å²) in [7, 11) is 0.